The van der Waals surface area contributed by atoms with Gasteiger partial charge in [0, 0.05) is 4.47 Å². The average molecular weight is 295 g/mol. The van der Waals surface area contributed by atoms with Crippen molar-refractivity contribution in [1.29, 1.82) is 0 Å². The van der Waals surface area contributed by atoms with E-state index in [0.717, 1.165) is 27.5 Å². The summed E-state index contributed by atoms with van der Waals surface area (Å²) in [5.74, 6) is 2.70. The number of furan rings is 1. The van der Waals surface area contributed by atoms with Crippen LogP contribution in [-0.4, -0.2) is 4.98 Å². The minimum Gasteiger partial charge on any atom is -0.464 e. The van der Waals surface area contributed by atoms with Crippen molar-refractivity contribution in [1.82, 2.24) is 4.98 Å². The number of anilines is 1. The van der Waals surface area contributed by atoms with Crippen molar-refractivity contribution < 1.29 is 4.42 Å². The highest BCUT2D eigenvalue weighted by Crippen LogP contribution is 2.22. The molecule has 2 aromatic heterocycles. The maximum absolute atomic E-state index is 5.57. The van der Waals surface area contributed by atoms with Gasteiger partial charge in [0.25, 0.3) is 0 Å². The number of halogens is 1. The maximum atomic E-state index is 5.57. The quantitative estimate of drug-likeness (QED) is 0.921. The molecule has 0 aliphatic carbocycles. The largest absolute Gasteiger partial charge is 0.464 e. The SMILES string of the molecule is Cc1ccc(C(C)Nc2ccc(Br)c(C)n2)o1. The smallest absolute Gasteiger partial charge is 0.126 e. The van der Waals surface area contributed by atoms with E-state index in [0.29, 0.717) is 0 Å². The predicted octanol–water partition coefficient (Wildman–Crippen LogP) is 4.23. The van der Waals surface area contributed by atoms with Gasteiger partial charge >= 0.3 is 0 Å². The van der Waals surface area contributed by atoms with E-state index in [9.17, 15) is 0 Å². The first kappa shape index (κ1) is 12.2. The fourth-order valence-electron chi connectivity index (χ4n) is 1.60. The van der Waals surface area contributed by atoms with Gasteiger partial charge in [0.2, 0.25) is 0 Å². The Balaban J connectivity index is 2.12. The molecular weight excluding hydrogens is 280 g/mol. The van der Waals surface area contributed by atoms with Crippen molar-refractivity contribution in [2.24, 2.45) is 0 Å². The number of hydrogen-bond acceptors (Lipinski definition) is 3. The Morgan fingerprint density at radius 1 is 1.24 bits per heavy atom. The van der Waals surface area contributed by atoms with E-state index in [1.54, 1.807) is 0 Å². The molecule has 0 amide bonds. The van der Waals surface area contributed by atoms with Crippen molar-refractivity contribution >= 4 is 21.7 Å². The second-order valence-electron chi connectivity index (χ2n) is 4.08. The molecule has 2 rings (SSSR count). The molecule has 0 radical (unpaired) electrons. The topological polar surface area (TPSA) is 38.1 Å². The molecule has 0 aliphatic heterocycles. The van der Waals surface area contributed by atoms with Crippen molar-refractivity contribution in [2.45, 2.75) is 26.8 Å². The highest BCUT2D eigenvalue weighted by molar-refractivity contribution is 9.10. The zero-order chi connectivity index (χ0) is 12.4. The molecule has 0 saturated carbocycles. The van der Waals surface area contributed by atoms with Crippen LogP contribution in [0.2, 0.25) is 0 Å². The Hall–Kier alpha value is -1.29. The molecule has 1 N–H and O–H groups in total. The Morgan fingerprint density at radius 3 is 2.59 bits per heavy atom. The first-order chi connectivity index (χ1) is 8.06. The van der Waals surface area contributed by atoms with Gasteiger partial charge in [0.15, 0.2) is 0 Å². The van der Waals surface area contributed by atoms with Crippen LogP contribution < -0.4 is 5.32 Å². The summed E-state index contributed by atoms with van der Waals surface area (Å²) in [5, 5.41) is 3.31. The van der Waals surface area contributed by atoms with E-state index in [-0.39, 0.29) is 6.04 Å². The predicted molar refractivity (Wildman–Crippen MR) is 72.2 cm³/mol. The summed E-state index contributed by atoms with van der Waals surface area (Å²) in [4.78, 5) is 4.45. The molecule has 2 heterocycles. The van der Waals surface area contributed by atoms with Crippen LogP contribution in [0.15, 0.2) is 33.2 Å². The summed E-state index contributed by atoms with van der Waals surface area (Å²) in [6, 6.07) is 8.00. The Labute approximate surface area is 109 Å². The fourth-order valence-corrected chi connectivity index (χ4v) is 1.82. The second-order valence-corrected chi connectivity index (χ2v) is 4.93. The van der Waals surface area contributed by atoms with E-state index >= 15 is 0 Å². The van der Waals surface area contributed by atoms with Crippen molar-refractivity contribution in [3.63, 3.8) is 0 Å². The molecule has 17 heavy (non-hydrogen) atoms. The number of rotatable bonds is 3. The molecule has 0 bridgehead atoms. The number of hydrogen-bond donors (Lipinski definition) is 1. The second kappa shape index (κ2) is 4.92. The van der Waals surface area contributed by atoms with Gasteiger partial charge < -0.3 is 9.73 Å². The number of nitrogens with zero attached hydrogens (tertiary/aromatic N) is 1. The van der Waals surface area contributed by atoms with Gasteiger partial charge in [-0.2, -0.15) is 0 Å². The van der Waals surface area contributed by atoms with Crippen molar-refractivity contribution in [3.8, 4) is 0 Å². The number of aryl methyl sites for hydroxylation is 2. The standard InChI is InChI=1S/C13H15BrN2O/c1-8-4-6-12(17-8)10(3)16-13-7-5-11(14)9(2)15-13/h4-7,10H,1-3H3,(H,15,16). The van der Waals surface area contributed by atoms with Crippen LogP contribution in [0, 0.1) is 13.8 Å². The summed E-state index contributed by atoms with van der Waals surface area (Å²) in [6.45, 7) is 5.96. The number of nitrogens with one attached hydrogen (secondary N) is 1. The van der Waals surface area contributed by atoms with Gasteiger partial charge in [0.05, 0.1) is 11.7 Å². The molecule has 3 nitrogen and oxygen atoms in total. The van der Waals surface area contributed by atoms with Crippen molar-refractivity contribution in [2.75, 3.05) is 5.32 Å². The molecule has 1 unspecified atom stereocenters. The van der Waals surface area contributed by atoms with Gasteiger partial charge in [-0.3, -0.25) is 0 Å². The third-order valence-electron chi connectivity index (χ3n) is 2.57. The molecule has 0 spiro atoms. The molecule has 0 fully saturated rings. The van der Waals surface area contributed by atoms with E-state index in [2.05, 4.69) is 33.2 Å². The lowest BCUT2D eigenvalue weighted by Crippen LogP contribution is -2.07. The normalized spacial score (nSPS) is 12.5. The first-order valence-corrected chi connectivity index (χ1v) is 6.31. The summed E-state index contributed by atoms with van der Waals surface area (Å²) < 4.78 is 6.59. The van der Waals surface area contributed by atoms with Crippen LogP contribution in [0.5, 0.6) is 0 Å². The van der Waals surface area contributed by atoms with E-state index in [1.807, 2.05) is 38.1 Å². The average Bonchev–Trinajstić information content (AvgIpc) is 2.70. The van der Waals surface area contributed by atoms with Gasteiger partial charge in [-0.1, -0.05) is 0 Å². The molecule has 1 atom stereocenters. The summed E-state index contributed by atoms with van der Waals surface area (Å²) in [5.41, 5.74) is 0.970. The van der Waals surface area contributed by atoms with Gasteiger partial charge in [-0.15, -0.1) is 0 Å². The van der Waals surface area contributed by atoms with Crippen LogP contribution in [0.3, 0.4) is 0 Å². The fraction of sp³-hybridized carbons (Fsp3) is 0.308. The van der Waals surface area contributed by atoms with Crippen LogP contribution in [0.1, 0.15) is 30.2 Å². The lowest BCUT2D eigenvalue weighted by atomic mass is 10.2. The molecule has 0 aromatic carbocycles. The summed E-state index contributed by atoms with van der Waals surface area (Å²) in [7, 11) is 0. The van der Waals surface area contributed by atoms with Crippen LogP contribution in [-0.2, 0) is 0 Å². The van der Waals surface area contributed by atoms with Gasteiger partial charge in [-0.25, -0.2) is 4.98 Å². The molecule has 0 aliphatic rings. The van der Waals surface area contributed by atoms with E-state index in [4.69, 9.17) is 4.42 Å². The van der Waals surface area contributed by atoms with Gasteiger partial charge in [0.1, 0.15) is 17.3 Å². The number of pyridine rings is 1. The van der Waals surface area contributed by atoms with Crippen LogP contribution >= 0.6 is 15.9 Å². The Kier molecular flexibility index (Phi) is 3.52. The van der Waals surface area contributed by atoms with E-state index < -0.39 is 0 Å². The van der Waals surface area contributed by atoms with E-state index in [1.165, 1.54) is 0 Å². The minimum absolute atomic E-state index is 0.108. The zero-order valence-electron chi connectivity index (χ0n) is 10.1. The summed E-state index contributed by atoms with van der Waals surface area (Å²) in [6.07, 6.45) is 0. The monoisotopic (exact) mass is 294 g/mol. The Bertz CT molecular complexity index is 522. The zero-order valence-corrected chi connectivity index (χ0v) is 11.7. The molecule has 4 heteroatoms. The number of aromatic nitrogens is 1. The lowest BCUT2D eigenvalue weighted by molar-refractivity contribution is 0.466. The molecule has 90 valence electrons. The summed E-state index contributed by atoms with van der Waals surface area (Å²) >= 11 is 3.44. The van der Waals surface area contributed by atoms with Crippen LogP contribution in [0.4, 0.5) is 5.82 Å². The molecular formula is C13H15BrN2O. The van der Waals surface area contributed by atoms with Crippen molar-refractivity contribution in [3.05, 3.63) is 46.0 Å². The van der Waals surface area contributed by atoms with Crippen LogP contribution in [0.25, 0.3) is 0 Å². The Morgan fingerprint density at radius 2 is 2.00 bits per heavy atom. The van der Waals surface area contributed by atoms with Gasteiger partial charge in [-0.05, 0) is 61.0 Å². The minimum atomic E-state index is 0.108. The highest BCUT2D eigenvalue weighted by atomic mass is 79.9. The third kappa shape index (κ3) is 2.88. The molecule has 2 aromatic rings. The highest BCUT2D eigenvalue weighted by Gasteiger charge is 2.10. The first-order valence-electron chi connectivity index (χ1n) is 5.52. The molecule has 0 saturated heterocycles. The maximum Gasteiger partial charge on any atom is 0.126 e. The lowest BCUT2D eigenvalue weighted by Gasteiger charge is -2.12. The third-order valence-corrected chi connectivity index (χ3v) is 3.41.